The molecule has 120 valence electrons. The van der Waals surface area contributed by atoms with Gasteiger partial charge in [-0.15, -0.1) is 0 Å². The van der Waals surface area contributed by atoms with Crippen LogP contribution in [0.1, 0.15) is 58.9 Å². The highest BCUT2D eigenvalue weighted by Gasteiger charge is 2.28. The van der Waals surface area contributed by atoms with Crippen LogP contribution in [0.5, 0.6) is 0 Å². The van der Waals surface area contributed by atoms with Crippen molar-refractivity contribution < 1.29 is 0 Å². The fourth-order valence-electron chi connectivity index (χ4n) is 2.89. The number of benzene rings is 1. The molecule has 0 aliphatic rings. The van der Waals surface area contributed by atoms with Gasteiger partial charge in [-0.05, 0) is 48.8 Å². The minimum Gasteiger partial charge on any atom is -0.316 e. The van der Waals surface area contributed by atoms with Crippen molar-refractivity contribution in [1.82, 2.24) is 5.32 Å². The summed E-state index contributed by atoms with van der Waals surface area (Å²) in [5.41, 5.74) is 1.62. The average molecular weight is 310 g/mol. The van der Waals surface area contributed by atoms with Crippen molar-refractivity contribution >= 4 is 11.6 Å². The molecule has 0 saturated carbocycles. The van der Waals surface area contributed by atoms with Gasteiger partial charge in [0.05, 0.1) is 0 Å². The van der Waals surface area contributed by atoms with Crippen LogP contribution < -0.4 is 5.32 Å². The van der Waals surface area contributed by atoms with E-state index in [1.165, 1.54) is 31.2 Å². The molecule has 1 unspecified atom stereocenters. The lowest BCUT2D eigenvalue weighted by Crippen LogP contribution is -2.37. The van der Waals surface area contributed by atoms with E-state index in [4.69, 9.17) is 11.6 Å². The van der Waals surface area contributed by atoms with Crippen molar-refractivity contribution in [3.63, 3.8) is 0 Å². The molecule has 0 heterocycles. The van der Waals surface area contributed by atoms with Gasteiger partial charge in [-0.3, -0.25) is 0 Å². The third kappa shape index (κ3) is 6.40. The van der Waals surface area contributed by atoms with E-state index >= 15 is 0 Å². The second kappa shape index (κ2) is 9.48. The van der Waals surface area contributed by atoms with E-state index in [1.807, 2.05) is 12.1 Å². The Morgan fingerprint density at radius 1 is 1.19 bits per heavy atom. The summed E-state index contributed by atoms with van der Waals surface area (Å²) in [4.78, 5) is 0. The zero-order valence-corrected chi connectivity index (χ0v) is 15.0. The Balaban J connectivity index is 2.81. The monoisotopic (exact) mass is 309 g/mol. The van der Waals surface area contributed by atoms with Crippen molar-refractivity contribution in [2.24, 2.45) is 11.3 Å². The maximum Gasteiger partial charge on any atom is 0.0438 e. The number of hydrogen-bond donors (Lipinski definition) is 1. The van der Waals surface area contributed by atoms with Crippen molar-refractivity contribution in [2.45, 2.75) is 59.8 Å². The summed E-state index contributed by atoms with van der Waals surface area (Å²) in [6.07, 6.45) is 6.10. The van der Waals surface area contributed by atoms with Crippen LogP contribution in [-0.4, -0.2) is 13.1 Å². The van der Waals surface area contributed by atoms with Gasteiger partial charge in [0.2, 0.25) is 0 Å². The van der Waals surface area contributed by atoms with Gasteiger partial charge in [0.15, 0.2) is 0 Å². The fraction of sp³-hybridized carbons (Fsp3) is 0.684. The number of hydrogen-bond acceptors (Lipinski definition) is 1. The molecule has 0 saturated heterocycles. The molecule has 0 radical (unpaired) electrons. The quantitative estimate of drug-likeness (QED) is 0.583. The largest absolute Gasteiger partial charge is 0.316 e. The summed E-state index contributed by atoms with van der Waals surface area (Å²) >= 11 is 6.39. The number of rotatable bonds is 10. The maximum atomic E-state index is 6.39. The van der Waals surface area contributed by atoms with Crippen LogP contribution in [0.4, 0.5) is 0 Å². The first kappa shape index (κ1) is 18.5. The van der Waals surface area contributed by atoms with E-state index in [1.54, 1.807) is 0 Å². The Labute approximate surface area is 136 Å². The van der Waals surface area contributed by atoms with E-state index < -0.39 is 0 Å². The molecule has 1 aromatic rings. The van der Waals surface area contributed by atoms with Gasteiger partial charge in [0.25, 0.3) is 0 Å². The fourth-order valence-corrected chi connectivity index (χ4v) is 3.09. The number of halogens is 1. The van der Waals surface area contributed by atoms with Gasteiger partial charge in [0, 0.05) is 11.6 Å². The van der Waals surface area contributed by atoms with Crippen molar-refractivity contribution in [1.29, 1.82) is 0 Å². The van der Waals surface area contributed by atoms with Crippen LogP contribution in [0.3, 0.4) is 0 Å². The Kier molecular flexibility index (Phi) is 8.36. The molecule has 21 heavy (non-hydrogen) atoms. The highest BCUT2D eigenvalue weighted by molar-refractivity contribution is 6.31. The van der Waals surface area contributed by atoms with Crippen molar-refractivity contribution in [3.05, 3.63) is 34.9 Å². The van der Waals surface area contributed by atoms with Crippen LogP contribution in [0.25, 0.3) is 0 Å². The molecular formula is C19H32ClN. The highest BCUT2D eigenvalue weighted by atomic mass is 35.5. The van der Waals surface area contributed by atoms with Crippen LogP contribution in [0, 0.1) is 11.3 Å². The Morgan fingerprint density at radius 3 is 2.48 bits per heavy atom. The predicted molar refractivity (Wildman–Crippen MR) is 95.1 cm³/mol. The summed E-state index contributed by atoms with van der Waals surface area (Å²) in [7, 11) is 0. The van der Waals surface area contributed by atoms with E-state index in [9.17, 15) is 0 Å². The Morgan fingerprint density at radius 2 is 1.90 bits per heavy atom. The molecule has 1 atom stereocenters. The molecule has 1 rings (SSSR count). The second-order valence-corrected chi connectivity index (χ2v) is 7.16. The second-order valence-electron chi connectivity index (χ2n) is 6.75. The van der Waals surface area contributed by atoms with Crippen molar-refractivity contribution in [2.75, 3.05) is 13.1 Å². The normalized spacial score (nSPS) is 14.4. The lowest BCUT2D eigenvalue weighted by molar-refractivity contribution is 0.226. The number of unbranched alkanes of at least 4 members (excludes halogenated alkanes) is 1. The molecule has 0 spiro atoms. The SMILES string of the molecule is CCCCC(CC)(CNCC(C)C)Cc1ccccc1Cl. The summed E-state index contributed by atoms with van der Waals surface area (Å²) < 4.78 is 0. The van der Waals surface area contributed by atoms with Crippen LogP contribution in [0.15, 0.2) is 24.3 Å². The van der Waals surface area contributed by atoms with Gasteiger partial charge in [-0.2, -0.15) is 0 Å². The van der Waals surface area contributed by atoms with Crippen LogP contribution in [-0.2, 0) is 6.42 Å². The summed E-state index contributed by atoms with van der Waals surface area (Å²) in [6.45, 7) is 11.3. The van der Waals surface area contributed by atoms with Crippen molar-refractivity contribution in [3.8, 4) is 0 Å². The van der Waals surface area contributed by atoms with E-state index in [2.05, 4.69) is 45.1 Å². The molecule has 1 nitrogen and oxygen atoms in total. The van der Waals surface area contributed by atoms with Crippen LogP contribution >= 0.6 is 11.6 Å². The molecule has 0 bridgehead atoms. The summed E-state index contributed by atoms with van der Waals surface area (Å²) in [6, 6.07) is 8.31. The van der Waals surface area contributed by atoms with E-state index in [-0.39, 0.29) is 0 Å². The molecule has 0 aromatic heterocycles. The molecule has 0 aliphatic heterocycles. The maximum absolute atomic E-state index is 6.39. The highest BCUT2D eigenvalue weighted by Crippen LogP contribution is 2.34. The molecule has 0 aliphatic carbocycles. The minimum absolute atomic E-state index is 0.329. The molecule has 0 amide bonds. The van der Waals surface area contributed by atoms with Gasteiger partial charge in [-0.25, -0.2) is 0 Å². The zero-order chi connectivity index (χ0) is 15.7. The third-order valence-electron chi connectivity index (χ3n) is 4.39. The number of nitrogens with one attached hydrogen (secondary N) is 1. The predicted octanol–water partition coefficient (Wildman–Crippen LogP) is 5.71. The summed E-state index contributed by atoms with van der Waals surface area (Å²) in [5, 5.41) is 4.59. The lowest BCUT2D eigenvalue weighted by atomic mass is 9.75. The first-order valence-corrected chi connectivity index (χ1v) is 8.85. The zero-order valence-electron chi connectivity index (χ0n) is 14.2. The summed E-state index contributed by atoms with van der Waals surface area (Å²) in [5.74, 6) is 0.700. The van der Waals surface area contributed by atoms with Gasteiger partial charge in [0.1, 0.15) is 0 Å². The van der Waals surface area contributed by atoms with E-state index in [0.717, 1.165) is 24.5 Å². The van der Waals surface area contributed by atoms with Gasteiger partial charge in [-0.1, -0.05) is 70.3 Å². The van der Waals surface area contributed by atoms with Gasteiger partial charge >= 0.3 is 0 Å². The first-order chi connectivity index (χ1) is 10.0. The van der Waals surface area contributed by atoms with Gasteiger partial charge < -0.3 is 5.32 Å². The first-order valence-electron chi connectivity index (χ1n) is 8.47. The molecule has 2 heteroatoms. The smallest absolute Gasteiger partial charge is 0.0438 e. The lowest BCUT2D eigenvalue weighted by Gasteiger charge is -2.34. The standard InChI is InChI=1S/C19H32ClN/c1-5-7-12-19(6-2,15-21-14-16(3)4)13-17-10-8-9-11-18(17)20/h8-11,16,21H,5-7,12-15H2,1-4H3. The minimum atomic E-state index is 0.329. The molecule has 1 aromatic carbocycles. The Hall–Kier alpha value is -0.530. The van der Waals surface area contributed by atoms with Crippen LogP contribution in [0.2, 0.25) is 5.02 Å². The molecule has 0 fully saturated rings. The molecular weight excluding hydrogens is 278 g/mol. The van der Waals surface area contributed by atoms with E-state index in [0.29, 0.717) is 11.3 Å². The average Bonchev–Trinajstić information content (AvgIpc) is 2.46. The topological polar surface area (TPSA) is 12.0 Å². The molecule has 1 N–H and O–H groups in total. The Bertz CT molecular complexity index is 402. The third-order valence-corrected chi connectivity index (χ3v) is 4.76.